The van der Waals surface area contributed by atoms with E-state index in [1.807, 2.05) is 0 Å². The second-order valence-electron chi connectivity index (χ2n) is 4.07. The van der Waals surface area contributed by atoms with Gasteiger partial charge in [-0.3, -0.25) is 9.59 Å². The highest BCUT2D eigenvalue weighted by Gasteiger charge is 2.32. The van der Waals surface area contributed by atoms with Crippen LogP contribution in [0.15, 0.2) is 24.3 Å². The van der Waals surface area contributed by atoms with Crippen molar-refractivity contribution in [2.75, 3.05) is 14.2 Å². The maximum Gasteiger partial charge on any atom is 0.323 e. The van der Waals surface area contributed by atoms with E-state index in [-0.39, 0.29) is 6.42 Å². The van der Waals surface area contributed by atoms with Crippen LogP contribution >= 0.6 is 0 Å². The van der Waals surface area contributed by atoms with E-state index in [0.717, 1.165) is 7.11 Å². The van der Waals surface area contributed by atoms with Crippen molar-refractivity contribution in [2.24, 2.45) is 5.92 Å². The van der Waals surface area contributed by atoms with Gasteiger partial charge in [0, 0.05) is 5.92 Å². The molecule has 0 spiro atoms. The van der Waals surface area contributed by atoms with Crippen LogP contribution in [0.4, 0.5) is 4.39 Å². The molecule has 0 N–H and O–H groups in total. The normalized spacial score (nSPS) is 12.9. The van der Waals surface area contributed by atoms with Gasteiger partial charge in [0.1, 0.15) is 5.82 Å². The van der Waals surface area contributed by atoms with Crippen molar-refractivity contribution in [1.82, 2.24) is 0 Å². The number of esters is 2. The van der Waals surface area contributed by atoms with Crippen LogP contribution in [-0.4, -0.2) is 26.2 Å². The monoisotopic (exact) mass is 279 g/mol. The predicted molar refractivity (Wildman–Crippen MR) is 66.9 cm³/mol. The summed E-state index contributed by atoms with van der Waals surface area (Å²) in [5.74, 6) is -3.91. The summed E-state index contributed by atoms with van der Waals surface area (Å²) in [4.78, 5) is 23.1. The fourth-order valence-corrected chi connectivity index (χ4v) is 1.86. The van der Waals surface area contributed by atoms with E-state index in [1.165, 1.54) is 25.3 Å². The first-order valence-corrected chi connectivity index (χ1v) is 5.83. The van der Waals surface area contributed by atoms with E-state index in [2.05, 4.69) is 9.47 Å². The minimum Gasteiger partial charge on any atom is -0.469 e. The average Bonchev–Trinajstić information content (AvgIpc) is 2.46. The van der Waals surface area contributed by atoms with Crippen LogP contribution in [0.5, 0.6) is 0 Å². The molecule has 0 aliphatic heterocycles. The number of methoxy groups -OCH3 is 2. The van der Waals surface area contributed by atoms with Gasteiger partial charge < -0.3 is 9.47 Å². The third-order valence-electron chi connectivity index (χ3n) is 2.89. The molecule has 0 amide bonds. The van der Waals surface area contributed by atoms with Gasteiger partial charge in [0.25, 0.3) is 0 Å². The van der Waals surface area contributed by atoms with E-state index in [9.17, 15) is 14.0 Å². The molecule has 0 aromatic heterocycles. The van der Waals surface area contributed by atoms with E-state index >= 15 is 0 Å². The molecule has 5 nitrogen and oxygen atoms in total. The lowest BCUT2D eigenvalue weighted by Gasteiger charge is -2.19. The Hall–Kier alpha value is -2.42. The van der Waals surface area contributed by atoms with E-state index < -0.39 is 29.6 Å². The van der Waals surface area contributed by atoms with Crippen LogP contribution in [0.3, 0.4) is 0 Å². The zero-order valence-corrected chi connectivity index (χ0v) is 11.1. The van der Waals surface area contributed by atoms with E-state index in [4.69, 9.17) is 5.26 Å². The summed E-state index contributed by atoms with van der Waals surface area (Å²) in [7, 11) is 2.35. The van der Waals surface area contributed by atoms with Gasteiger partial charge in [-0.15, -0.1) is 0 Å². The molecule has 0 saturated heterocycles. The molecule has 2 unspecified atom stereocenters. The third-order valence-corrected chi connectivity index (χ3v) is 2.89. The van der Waals surface area contributed by atoms with Crippen LogP contribution in [-0.2, 0) is 19.1 Å². The summed E-state index contributed by atoms with van der Waals surface area (Å²) in [6.45, 7) is 0. The topological polar surface area (TPSA) is 76.4 Å². The van der Waals surface area contributed by atoms with Gasteiger partial charge in [0.15, 0.2) is 5.92 Å². The molecule has 106 valence electrons. The number of hydrogen-bond donors (Lipinski definition) is 0. The molecule has 0 aliphatic rings. The number of halogens is 1. The van der Waals surface area contributed by atoms with Crippen LogP contribution in [0.2, 0.25) is 0 Å². The maximum absolute atomic E-state index is 13.3. The van der Waals surface area contributed by atoms with Gasteiger partial charge in [0.2, 0.25) is 0 Å². The predicted octanol–water partition coefficient (Wildman–Crippen LogP) is 1.79. The number of ether oxygens (including phenoxy) is 2. The second kappa shape index (κ2) is 7.24. The van der Waals surface area contributed by atoms with Crippen LogP contribution in [0.25, 0.3) is 0 Å². The Morgan fingerprint density at radius 2 is 2.05 bits per heavy atom. The molecular weight excluding hydrogens is 265 g/mol. The quantitative estimate of drug-likeness (QED) is 0.768. The summed E-state index contributed by atoms with van der Waals surface area (Å²) >= 11 is 0. The van der Waals surface area contributed by atoms with Crippen molar-refractivity contribution in [2.45, 2.75) is 12.3 Å². The number of rotatable bonds is 5. The zero-order chi connectivity index (χ0) is 15.1. The fraction of sp³-hybridized carbons (Fsp3) is 0.357. The molecule has 0 radical (unpaired) electrons. The maximum atomic E-state index is 13.3. The zero-order valence-electron chi connectivity index (χ0n) is 11.1. The summed E-state index contributed by atoms with van der Waals surface area (Å²) in [6, 6.07) is 7.20. The number of benzene rings is 1. The average molecular weight is 279 g/mol. The highest BCUT2D eigenvalue weighted by Crippen LogP contribution is 2.29. The Kier molecular flexibility index (Phi) is 5.66. The number of nitrogens with zero attached hydrogens (tertiary/aromatic N) is 1. The Balaban J connectivity index is 3.17. The highest BCUT2D eigenvalue weighted by molar-refractivity contribution is 5.78. The van der Waals surface area contributed by atoms with Crippen molar-refractivity contribution < 1.29 is 23.5 Å². The van der Waals surface area contributed by atoms with E-state index in [0.29, 0.717) is 5.56 Å². The highest BCUT2D eigenvalue weighted by atomic mass is 19.1. The van der Waals surface area contributed by atoms with E-state index in [1.54, 1.807) is 12.1 Å². The van der Waals surface area contributed by atoms with Crippen LogP contribution in [0, 0.1) is 23.1 Å². The molecule has 0 saturated carbocycles. The minimum absolute atomic E-state index is 0.215. The summed E-state index contributed by atoms with van der Waals surface area (Å²) in [5.41, 5.74) is 0.368. The standard InChI is InChI=1S/C14H14FNO4/c1-19-13(17)7-11(12(8-16)14(18)20-2)9-4-3-5-10(15)6-9/h3-6,11-12H,7H2,1-2H3. The van der Waals surface area contributed by atoms with Gasteiger partial charge in [-0.1, -0.05) is 12.1 Å². The second-order valence-corrected chi connectivity index (χ2v) is 4.07. The first-order valence-electron chi connectivity index (χ1n) is 5.83. The molecule has 2 atom stereocenters. The van der Waals surface area contributed by atoms with Crippen molar-refractivity contribution in [3.63, 3.8) is 0 Å². The van der Waals surface area contributed by atoms with Crippen LogP contribution in [0.1, 0.15) is 17.9 Å². The molecule has 1 aromatic rings. The molecule has 6 heteroatoms. The molecule has 0 bridgehead atoms. The molecular formula is C14H14FNO4. The first kappa shape index (κ1) is 15.6. The van der Waals surface area contributed by atoms with Gasteiger partial charge in [0.05, 0.1) is 26.7 Å². The Bertz CT molecular complexity index is 538. The molecule has 1 aromatic carbocycles. The van der Waals surface area contributed by atoms with Gasteiger partial charge in [-0.25, -0.2) is 4.39 Å². The van der Waals surface area contributed by atoms with Crippen molar-refractivity contribution >= 4 is 11.9 Å². The lowest BCUT2D eigenvalue weighted by molar-refractivity contribution is -0.145. The lowest BCUT2D eigenvalue weighted by Crippen LogP contribution is -2.25. The molecule has 0 aliphatic carbocycles. The molecule has 0 fully saturated rings. The number of carbonyl (C=O) groups excluding carboxylic acids is 2. The van der Waals surface area contributed by atoms with Crippen molar-refractivity contribution in [3.05, 3.63) is 35.6 Å². The Labute approximate surface area is 115 Å². The molecule has 0 heterocycles. The summed E-state index contributed by atoms with van der Waals surface area (Å²) in [6.07, 6.45) is -0.215. The summed E-state index contributed by atoms with van der Waals surface area (Å²) < 4.78 is 22.4. The minimum atomic E-state index is -1.21. The third kappa shape index (κ3) is 3.79. The lowest BCUT2D eigenvalue weighted by atomic mass is 9.84. The Morgan fingerprint density at radius 3 is 2.55 bits per heavy atom. The molecule has 1 rings (SSSR count). The van der Waals surface area contributed by atoms with Gasteiger partial charge in [-0.05, 0) is 17.7 Å². The molecule has 20 heavy (non-hydrogen) atoms. The Morgan fingerprint density at radius 1 is 1.35 bits per heavy atom. The summed E-state index contributed by atoms with van der Waals surface area (Å²) in [5, 5.41) is 9.12. The van der Waals surface area contributed by atoms with Crippen molar-refractivity contribution in [3.8, 4) is 6.07 Å². The number of nitriles is 1. The largest absolute Gasteiger partial charge is 0.469 e. The van der Waals surface area contributed by atoms with Gasteiger partial charge in [-0.2, -0.15) is 5.26 Å². The number of hydrogen-bond acceptors (Lipinski definition) is 5. The fourth-order valence-electron chi connectivity index (χ4n) is 1.86. The number of carbonyl (C=O) groups is 2. The van der Waals surface area contributed by atoms with Gasteiger partial charge >= 0.3 is 11.9 Å². The SMILES string of the molecule is COC(=O)CC(c1cccc(F)c1)C(C#N)C(=O)OC. The smallest absolute Gasteiger partial charge is 0.323 e. The first-order chi connectivity index (χ1) is 9.53. The van der Waals surface area contributed by atoms with Crippen LogP contribution < -0.4 is 0 Å². The van der Waals surface area contributed by atoms with Crippen molar-refractivity contribution in [1.29, 1.82) is 5.26 Å².